The van der Waals surface area contributed by atoms with Gasteiger partial charge >= 0.3 is 0 Å². The minimum Gasteiger partial charge on any atom is -0.592 e. The van der Waals surface area contributed by atoms with E-state index in [1.807, 2.05) is 58.8 Å². The van der Waals surface area contributed by atoms with Crippen LogP contribution in [0, 0.1) is 0 Å². The molecule has 3 aromatic carbocycles. The van der Waals surface area contributed by atoms with Crippen molar-refractivity contribution < 1.29 is 14.7 Å². The van der Waals surface area contributed by atoms with E-state index < -0.39 is 5.91 Å². The van der Waals surface area contributed by atoms with Crippen molar-refractivity contribution in [3.63, 3.8) is 0 Å². The van der Waals surface area contributed by atoms with Crippen LogP contribution in [-0.4, -0.2) is 28.0 Å². The molecule has 0 aliphatic heterocycles. The highest BCUT2D eigenvalue weighted by molar-refractivity contribution is 7.09. The largest absolute Gasteiger partial charge is 0.592 e. The molecule has 6 nitrogen and oxygen atoms in total. The number of fused-ring (bicyclic) bond motifs is 1. The predicted octanol–water partition coefficient (Wildman–Crippen LogP) is 5.31. The van der Waals surface area contributed by atoms with Crippen molar-refractivity contribution in [3.8, 4) is 5.75 Å². The molecule has 4 aromatic rings. The average Bonchev–Trinajstić information content (AvgIpc) is 3.34. The Labute approximate surface area is 206 Å². The molecule has 1 heterocycles. The van der Waals surface area contributed by atoms with Gasteiger partial charge in [-0.2, -0.15) is 5.10 Å². The van der Waals surface area contributed by atoms with Crippen LogP contribution in [0.3, 0.4) is 0 Å². The van der Waals surface area contributed by atoms with Crippen molar-refractivity contribution in [1.29, 1.82) is 0 Å². The first-order valence-electron chi connectivity index (χ1n) is 10.6. The smallest absolute Gasteiger partial charge is 0.272 e. The molecular formula is C26H23ClN3O3S+. The summed E-state index contributed by atoms with van der Waals surface area (Å²) in [4.78, 5) is 27.6. The Bertz CT molecular complexity index is 1370. The molecule has 0 bridgehead atoms. The van der Waals surface area contributed by atoms with Crippen LogP contribution >= 0.6 is 22.9 Å². The topological polar surface area (TPSA) is 84.7 Å². The van der Waals surface area contributed by atoms with Gasteiger partial charge in [-0.1, -0.05) is 54.1 Å². The minimum atomic E-state index is -0.412. The van der Waals surface area contributed by atoms with Gasteiger partial charge in [0.1, 0.15) is 5.02 Å². The molecule has 0 atom stereocenters. The van der Waals surface area contributed by atoms with Crippen molar-refractivity contribution in [1.82, 2.24) is 10.3 Å². The fraction of sp³-hybridized carbons (Fsp3) is 0.115. The molecule has 0 unspecified atom stereocenters. The van der Waals surface area contributed by atoms with Crippen LogP contribution in [-0.2, 0) is 17.9 Å². The normalized spacial score (nSPS) is 11.1. The summed E-state index contributed by atoms with van der Waals surface area (Å²) in [5.41, 5.74) is 4.71. The van der Waals surface area contributed by atoms with Crippen molar-refractivity contribution in [2.45, 2.75) is 20.0 Å². The van der Waals surface area contributed by atoms with Crippen molar-refractivity contribution in [2.24, 2.45) is 5.10 Å². The fourth-order valence-electron chi connectivity index (χ4n) is 3.59. The molecule has 3 N–H and O–H groups in total. The van der Waals surface area contributed by atoms with Crippen LogP contribution in [0.5, 0.6) is 5.75 Å². The second-order valence-electron chi connectivity index (χ2n) is 7.71. The highest BCUT2D eigenvalue weighted by Gasteiger charge is 2.14. The minimum absolute atomic E-state index is 0.0179. The van der Waals surface area contributed by atoms with Crippen LogP contribution in [0.2, 0.25) is 5.02 Å². The summed E-state index contributed by atoms with van der Waals surface area (Å²) in [7, 11) is 0. The molecule has 172 valence electrons. The third kappa shape index (κ3) is 5.44. The monoisotopic (exact) mass is 492 g/mol. The number of nitrogens with one attached hydrogen (secondary N) is 1. The third-order valence-corrected chi connectivity index (χ3v) is 6.56. The molecule has 0 aliphatic carbocycles. The number of benzene rings is 3. The number of carbonyl (C=O) groups is 2. The van der Waals surface area contributed by atoms with E-state index in [1.165, 1.54) is 18.2 Å². The fourth-order valence-corrected chi connectivity index (χ4v) is 4.49. The molecule has 0 saturated heterocycles. The summed E-state index contributed by atoms with van der Waals surface area (Å²) < 4.78 is 0. The Hall–Kier alpha value is -3.68. The first kappa shape index (κ1) is 23.5. The number of halogens is 1. The van der Waals surface area contributed by atoms with Crippen LogP contribution in [0.1, 0.15) is 33.3 Å². The number of carbonyl (C=O) groups excluding carboxylic acids is 2. The van der Waals surface area contributed by atoms with Gasteiger partial charge < -0.3 is 10.0 Å². The van der Waals surface area contributed by atoms with Gasteiger partial charge in [0.25, 0.3) is 11.7 Å². The zero-order valence-electron chi connectivity index (χ0n) is 18.4. The Balaban J connectivity index is 1.54. The molecular weight excluding hydrogens is 470 g/mol. The lowest BCUT2D eigenvalue weighted by Crippen LogP contribution is -2.27. The Kier molecular flexibility index (Phi) is 7.25. The molecule has 1 aromatic heterocycles. The zero-order chi connectivity index (χ0) is 24.1. The number of rotatable bonds is 7. The lowest BCUT2D eigenvalue weighted by Gasteiger charge is -2.22. The summed E-state index contributed by atoms with van der Waals surface area (Å²) in [6.45, 7) is 2.65. The maximum absolute atomic E-state index is 12.4. The highest BCUT2D eigenvalue weighted by Crippen LogP contribution is 2.25. The van der Waals surface area contributed by atoms with Crippen molar-refractivity contribution >= 4 is 51.7 Å². The lowest BCUT2D eigenvalue weighted by molar-refractivity contribution is -0.130. The molecule has 4 rings (SSSR count). The van der Waals surface area contributed by atoms with Gasteiger partial charge in [0, 0.05) is 35.5 Å². The van der Waals surface area contributed by atoms with E-state index in [-0.39, 0.29) is 16.7 Å². The number of hydrogen-bond acceptors (Lipinski definition) is 4. The Morgan fingerprint density at radius 2 is 1.85 bits per heavy atom. The molecule has 0 saturated carbocycles. The maximum Gasteiger partial charge on any atom is 0.272 e. The molecule has 2 amide bonds. The highest BCUT2D eigenvalue weighted by atomic mass is 35.5. The summed E-state index contributed by atoms with van der Waals surface area (Å²) in [5.74, 6) is -0.235. The van der Waals surface area contributed by atoms with Crippen molar-refractivity contribution in [2.75, 3.05) is 0 Å². The number of nitrogens with zero attached hydrogens (tertiary/aromatic N) is 2. The van der Waals surface area contributed by atoms with Crippen LogP contribution in [0.15, 0.2) is 77.2 Å². The average molecular weight is 493 g/mol. The lowest BCUT2D eigenvalue weighted by atomic mass is 9.99. The molecule has 0 spiro atoms. The quantitative estimate of drug-likeness (QED) is 0.215. The standard InChI is InChI=1S/C26H22ClN3O3S/c1-17(31)30(16-21-5-4-12-34-21)15-20-9-8-19(22-6-2-3-7-23(20)22)14-28-29-26(33)18-10-11-25(32)24(27)13-18/h2-14,32H,15-16H2,1H3,(H,29,33)/p+1/b28-14+. The van der Waals surface area contributed by atoms with E-state index in [9.17, 15) is 9.59 Å². The molecule has 0 radical (unpaired) electrons. The maximum atomic E-state index is 12.4. The van der Waals surface area contributed by atoms with E-state index in [1.54, 1.807) is 24.5 Å². The number of thiophene rings is 1. The summed E-state index contributed by atoms with van der Waals surface area (Å²) in [5, 5.41) is 15.9. The molecule has 0 aliphatic rings. The van der Waals surface area contributed by atoms with Gasteiger partial charge in [0.05, 0.1) is 12.8 Å². The molecule has 8 heteroatoms. The van der Waals surface area contributed by atoms with E-state index in [0.29, 0.717) is 18.7 Å². The van der Waals surface area contributed by atoms with Gasteiger partial charge in [-0.15, -0.1) is 11.3 Å². The van der Waals surface area contributed by atoms with E-state index in [2.05, 4.69) is 10.5 Å². The van der Waals surface area contributed by atoms with Crippen LogP contribution in [0.4, 0.5) is 0 Å². The van der Waals surface area contributed by atoms with Crippen molar-refractivity contribution in [3.05, 3.63) is 98.7 Å². The Morgan fingerprint density at radius 1 is 1.06 bits per heavy atom. The van der Waals surface area contributed by atoms with Gasteiger partial charge in [-0.05, 0) is 39.9 Å². The molecule has 34 heavy (non-hydrogen) atoms. The van der Waals surface area contributed by atoms with Gasteiger partial charge in [-0.3, -0.25) is 9.59 Å². The number of amides is 2. The second-order valence-corrected chi connectivity index (χ2v) is 9.15. The summed E-state index contributed by atoms with van der Waals surface area (Å²) >= 11 is 7.57. The van der Waals surface area contributed by atoms with Gasteiger partial charge in [0.15, 0.2) is 0 Å². The first-order valence-corrected chi connectivity index (χ1v) is 11.8. The second kappa shape index (κ2) is 10.5. The van der Waals surface area contributed by atoms with Crippen LogP contribution < -0.4 is 5.43 Å². The molecule has 0 fully saturated rings. The number of hydrogen-bond donors (Lipinski definition) is 1. The van der Waals surface area contributed by atoms with Gasteiger partial charge in [-0.25, -0.2) is 5.43 Å². The summed E-state index contributed by atoms with van der Waals surface area (Å²) in [6.07, 6.45) is 1.60. The van der Waals surface area contributed by atoms with Gasteiger partial charge in [0.2, 0.25) is 5.91 Å². The third-order valence-electron chi connectivity index (χ3n) is 5.38. The zero-order valence-corrected chi connectivity index (χ0v) is 20.0. The SMILES string of the molecule is CC(=O)N(Cc1cccs1)Cc1ccc(/C=N/NC(=O)c2ccc([OH2+])c(Cl)c2)c2ccccc12. The van der Waals surface area contributed by atoms with E-state index in [0.717, 1.165) is 26.8 Å². The van der Waals surface area contributed by atoms with E-state index >= 15 is 0 Å². The summed E-state index contributed by atoms with van der Waals surface area (Å²) in [6, 6.07) is 20.3. The van der Waals surface area contributed by atoms with Crippen LogP contribution in [0.25, 0.3) is 10.8 Å². The Morgan fingerprint density at radius 3 is 2.56 bits per heavy atom. The number of hydrazone groups is 1. The predicted molar refractivity (Wildman–Crippen MR) is 138 cm³/mol. The van der Waals surface area contributed by atoms with E-state index in [4.69, 9.17) is 16.7 Å². The first-order chi connectivity index (χ1) is 16.4.